The lowest BCUT2D eigenvalue weighted by atomic mass is 9.94. The molecule has 41 heavy (non-hydrogen) atoms. The minimum absolute atomic E-state index is 0.210. The number of benzene rings is 3. The van der Waals surface area contributed by atoms with E-state index in [1.807, 2.05) is 64.1 Å². The maximum absolute atomic E-state index is 13.9. The first-order valence-electron chi connectivity index (χ1n) is 13.9. The van der Waals surface area contributed by atoms with Gasteiger partial charge >= 0.3 is 0 Å². The molecule has 3 aromatic carbocycles. The molecule has 0 saturated heterocycles. The highest BCUT2D eigenvalue weighted by Crippen LogP contribution is 2.39. The number of hydrogen-bond acceptors (Lipinski definition) is 6. The van der Waals surface area contributed by atoms with Crippen LogP contribution in [0, 0.1) is 34.6 Å². The van der Waals surface area contributed by atoms with Crippen LogP contribution in [0.25, 0.3) is 0 Å². The number of ether oxygens (including phenoxy) is 2. The molecule has 4 aromatic rings. The second-order valence-electron chi connectivity index (χ2n) is 10.6. The number of nitrogens with zero attached hydrogens (tertiary/aromatic N) is 3. The van der Waals surface area contributed by atoms with Crippen LogP contribution in [0.3, 0.4) is 0 Å². The number of aromatic nitrogens is 3. The lowest BCUT2D eigenvalue weighted by Crippen LogP contribution is -2.31. The summed E-state index contributed by atoms with van der Waals surface area (Å²) in [5.41, 5.74) is 9.83. The van der Waals surface area contributed by atoms with Gasteiger partial charge in [0.25, 0.3) is 5.91 Å². The maximum Gasteiger partial charge on any atom is 0.255 e. The zero-order chi connectivity index (χ0) is 29.3. The van der Waals surface area contributed by atoms with E-state index in [9.17, 15) is 4.79 Å². The minimum Gasteiger partial charge on any atom is -0.490 e. The molecule has 212 valence electrons. The third kappa shape index (κ3) is 5.55. The van der Waals surface area contributed by atoms with Gasteiger partial charge in [-0.3, -0.25) is 4.79 Å². The molecule has 8 heteroatoms. The molecule has 2 N–H and O–H groups in total. The average Bonchev–Trinajstić information content (AvgIpc) is 3.40. The molecule has 0 fully saturated rings. The Bertz CT molecular complexity index is 1650. The molecular formula is C33H37N5O3. The van der Waals surface area contributed by atoms with E-state index in [4.69, 9.17) is 9.47 Å². The molecule has 1 atom stereocenters. The highest BCUT2D eigenvalue weighted by atomic mass is 16.5. The standard InChI is InChI=1S/C33H37N5O3/c1-8-40-29-16-25(12-13-28(29)41-17-26-15-21(4)20(3)14-22(26)5)31-30(24(7)36-33-34-18-35-38(31)33)32(39)37-27-11-9-10-19(2)23(27)6/h9-16,18,31H,8,17H2,1-7H3,(H,37,39)(H,34,35,36). The first-order chi connectivity index (χ1) is 19.7. The van der Waals surface area contributed by atoms with Crippen molar-refractivity contribution in [1.29, 1.82) is 0 Å². The Morgan fingerprint density at radius 1 is 0.927 bits per heavy atom. The van der Waals surface area contributed by atoms with Gasteiger partial charge in [0.15, 0.2) is 11.5 Å². The maximum atomic E-state index is 13.9. The van der Waals surface area contributed by atoms with Crippen LogP contribution in [0.15, 0.2) is 66.1 Å². The normalized spacial score (nSPS) is 14.4. The van der Waals surface area contributed by atoms with Crippen molar-refractivity contribution in [2.24, 2.45) is 0 Å². The van der Waals surface area contributed by atoms with Crippen LogP contribution in [0.2, 0.25) is 0 Å². The summed E-state index contributed by atoms with van der Waals surface area (Å²) >= 11 is 0. The van der Waals surface area contributed by atoms with E-state index < -0.39 is 6.04 Å². The molecule has 0 aliphatic carbocycles. The minimum atomic E-state index is -0.519. The Labute approximate surface area is 241 Å². The van der Waals surface area contributed by atoms with E-state index in [2.05, 4.69) is 53.6 Å². The highest BCUT2D eigenvalue weighted by molar-refractivity contribution is 6.06. The Morgan fingerprint density at radius 3 is 2.49 bits per heavy atom. The van der Waals surface area contributed by atoms with Crippen LogP contribution < -0.4 is 20.1 Å². The molecule has 1 aromatic heterocycles. The Balaban J connectivity index is 1.50. The predicted octanol–water partition coefficient (Wildman–Crippen LogP) is 6.73. The summed E-state index contributed by atoms with van der Waals surface area (Å²) in [5.74, 6) is 1.61. The van der Waals surface area contributed by atoms with E-state index in [1.54, 1.807) is 4.68 Å². The first-order valence-corrected chi connectivity index (χ1v) is 13.9. The van der Waals surface area contributed by atoms with E-state index in [0.717, 1.165) is 27.9 Å². The van der Waals surface area contributed by atoms with E-state index in [-0.39, 0.29) is 5.91 Å². The summed E-state index contributed by atoms with van der Waals surface area (Å²) < 4.78 is 14.1. The van der Waals surface area contributed by atoms with Gasteiger partial charge in [0.2, 0.25) is 5.95 Å². The van der Waals surface area contributed by atoms with E-state index in [0.29, 0.717) is 41.9 Å². The summed E-state index contributed by atoms with van der Waals surface area (Å²) in [5, 5.41) is 10.8. The van der Waals surface area contributed by atoms with Crippen LogP contribution in [0.1, 0.15) is 58.8 Å². The summed E-state index contributed by atoms with van der Waals surface area (Å²) in [6, 6.07) is 15.5. The molecule has 0 radical (unpaired) electrons. The molecule has 8 nitrogen and oxygen atoms in total. The van der Waals surface area contributed by atoms with Crippen LogP contribution in [-0.2, 0) is 11.4 Å². The van der Waals surface area contributed by atoms with Gasteiger partial charge in [0.05, 0.1) is 12.2 Å². The average molecular weight is 552 g/mol. The zero-order valence-electron chi connectivity index (χ0n) is 24.8. The van der Waals surface area contributed by atoms with Gasteiger partial charge in [-0.2, -0.15) is 10.1 Å². The number of hydrogen-bond donors (Lipinski definition) is 2. The fraction of sp³-hybridized carbons (Fsp3) is 0.303. The van der Waals surface area contributed by atoms with Crippen molar-refractivity contribution in [3.05, 3.63) is 105 Å². The fourth-order valence-corrected chi connectivity index (χ4v) is 5.18. The molecule has 5 rings (SSSR count). The summed E-state index contributed by atoms with van der Waals surface area (Å²) in [4.78, 5) is 18.2. The van der Waals surface area contributed by atoms with Crippen LogP contribution >= 0.6 is 0 Å². The van der Waals surface area contributed by atoms with Crippen molar-refractivity contribution in [1.82, 2.24) is 14.8 Å². The smallest absolute Gasteiger partial charge is 0.255 e. The predicted molar refractivity (Wildman–Crippen MR) is 162 cm³/mol. The lowest BCUT2D eigenvalue weighted by molar-refractivity contribution is -0.113. The number of carbonyl (C=O) groups excluding carboxylic acids is 1. The Hall–Kier alpha value is -4.59. The number of aryl methyl sites for hydroxylation is 4. The van der Waals surface area contributed by atoms with Crippen molar-refractivity contribution in [2.75, 3.05) is 17.2 Å². The number of anilines is 2. The Kier molecular flexibility index (Phi) is 7.83. The van der Waals surface area contributed by atoms with Crippen LogP contribution in [-0.4, -0.2) is 27.3 Å². The second kappa shape index (κ2) is 11.5. The van der Waals surface area contributed by atoms with Crippen LogP contribution in [0.4, 0.5) is 11.6 Å². The topological polar surface area (TPSA) is 90.3 Å². The molecule has 1 amide bonds. The molecule has 0 spiro atoms. The van der Waals surface area contributed by atoms with Gasteiger partial charge in [-0.1, -0.05) is 30.3 Å². The molecule has 1 aliphatic rings. The third-order valence-corrected chi connectivity index (χ3v) is 7.81. The van der Waals surface area contributed by atoms with Gasteiger partial charge < -0.3 is 20.1 Å². The second-order valence-corrected chi connectivity index (χ2v) is 10.6. The van der Waals surface area contributed by atoms with Crippen molar-refractivity contribution in [3.63, 3.8) is 0 Å². The van der Waals surface area contributed by atoms with Gasteiger partial charge in [-0.15, -0.1) is 0 Å². The quantitative estimate of drug-likeness (QED) is 0.253. The third-order valence-electron chi connectivity index (χ3n) is 7.81. The molecule has 1 aliphatic heterocycles. The highest BCUT2D eigenvalue weighted by Gasteiger charge is 2.34. The largest absolute Gasteiger partial charge is 0.490 e. The molecular weight excluding hydrogens is 514 g/mol. The summed E-state index contributed by atoms with van der Waals surface area (Å²) in [7, 11) is 0. The molecule has 0 saturated carbocycles. The zero-order valence-corrected chi connectivity index (χ0v) is 24.8. The molecule has 0 bridgehead atoms. The lowest BCUT2D eigenvalue weighted by Gasteiger charge is -2.29. The van der Waals surface area contributed by atoms with E-state index >= 15 is 0 Å². The van der Waals surface area contributed by atoms with E-state index in [1.165, 1.54) is 23.0 Å². The monoisotopic (exact) mass is 551 g/mol. The summed E-state index contributed by atoms with van der Waals surface area (Å²) in [6.45, 7) is 15.1. The number of nitrogens with one attached hydrogen (secondary N) is 2. The van der Waals surface area contributed by atoms with Crippen molar-refractivity contribution in [3.8, 4) is 11.5 Å². The first kappa shape index (κ1) is 28.0. The van der Waals surface area contributed by atoms with Crippen molar-refractivity contribution < 1.29 is 14.3 Å². The van der Waals surface area contributed by atoms with Gasteiger partial charge in [-0.25, -0.2) is 4.68 Å². The number of carbonyl (C=O) groups is 1. The number of rotatable bonds is 8. The van der Waals surface area contributed by atoms with Gasteiger partial charge in [0, 0.05) is 11.4 Å². The van der Waals surface area contributed by atoms with Crippen molar-refractivity contribution in [2.45, 2.75) is 61.1 Å². The van der Waals surface area contributed by atoms with Gasteiger partial charge in [-0.05, 0) is 106 Å². The number of fused-ring (bicyclic) bond motifs is 1. The number of allylic oxidation sites excluding steroid dienone is 1. The fourth-order valence-electron chi connectivity index (χ4n) is 5.18. The Morgan fingerprint density at radius 2 is 1.71 bits per heavy atom. The van der Waals surface area contributed by atoms with Gasteiger partial charge in [0.1, 0.15) is 19.0 Å². The molecule has 1 unspecified atom stereocenters. The summed E-state index contributed by atoms with van der Waals surface area (Å²) in [6.07, 6.45) is 1.49. The number of amides is 1. The SMILES string of the molecule is CCOc1cc(C2C(C(=O)Nc3cccc(C)c3C)=C(C)Nc3ncnn32)ccc1OCc1cc(C)c(C)cc1C. The molecule has 2 heterocycles. The van der Waals surface area contributed by atoms with Crippen LogP contribution in [0.5, 0.6) is 11.5 Å². The van der Waals surface area contributed by atoms with Crippen molar-refractivity contribution >= 4 is 17.5 Å².